The molecule has 0 saturated heterocycles. The van der Waals surface area contributed by atoms with Crippen molar-refractivity contribution in [1.82, 2.24) is 10.2 Å². The van der Waals surface area contributed by atoms with Gasteiger partial charge in [0.25, 0.3) is 0 Å². The molecule has 0 fully saturated rings. The lowest BCUT2D eigenvalue weighted by Gasteiger charge is -2.21. The molecule has 2 N–H and O–H groups in total. The standard InChI is InChI=1S/C12H24N2O4/c1-4-5-8-14(2)12(17)13-10(11(15)16)7-6-9-18-3/h10H,4-9H2,1-3H3,(H,13,17)(H,15,16). The first-order valence-electron chi connectivity index (χ1n) is 6.26. The van der Waals surface area contributed by atoms with Gasteiger partial charge in [0.05, 0.1) is 0 Å². The molecular formula is C12H24N2O4. The molecule has 1 atom stereocenters. The van der Waals surface area contributed by atoms with Crippen LogP contribution >= 0.6 is 0 Å². The Kier molecular flexibility index (Phi) is 9.00. The lowest BCUT2D eigenvalue weighted by atomic mass is 10.1. The molecule has 1 unspecified atom stereocenters. The molecule has 2 amide bonds. The third-order valence-electron chi connectivity index (χ3n) is 2.63. The van der Waals surface area contributed by atoms with Crippen molar-refractivity contribution in [3.05, 3.63) is 0 Å². The van der Waals surface area contributed by atoms with Crippen molar-refractivity contribution in [3.8, 4) is 0 Å². The monoisotopic (exact) mass is 260 g/mol. The number of aliphatic carboxylic acids is 1. The molecule has 0 aromatic heterocycles. The van der Waals surface area contributed by atoms with Gasteiger partial charge in [0, 0.05) is 27.3 Å². The summed E-state index contributed by atoms with van der Waals surface area (Å²) in [4.78, 5) is 24.2. The fourth-order valence-corrected chi connectivity index (χ4v) is 1.45. The number of ether oxygens (including phenoxy) is 1. The first-order chi connectivity index (χ1) is 8.52. The molecule has 6 nitrogen and oxygen atoms in total. The van der Waals surface area contributed by atoms with Crippen LogP contribution in [0.1, 0.15) is 32.6 Å². The normalized spacial score (nSPS) is 11.9. The molecule has 0 bridgehead atoms. The van der Waals surface area contributed by atoms with Crippen LogP contribution in [-0.2, 0) is 9.53 Å². The number of urea groups is 1. The second-order valence-corrected chi connectivity index (χ2v) is 4.25. The van der Waals surface area contributed by atoms with Crippen LogP contribution in [0.3, 0.4) is 0 Å². The fourth-order valence-electron chi connectivity index (χ4n) is 1.45. The predicted octanol–water partition coefficient (Wildman–Crippen LogP) is 1.31. The molecule has 0 aliphatic carbocycles. The van der Waals surface area contributed by atoms with E-state index < -0.39 is 12.0 Å². The summed E-state index contributed by atoms with van der Waals surface area (Å²) < 4.78 is 4.86. The summed E-state index contributed by atoms with van der Waals surface area (Å²) in [7, 11) is 3.23. The van der Waals surface area contributed by atoms with Gasteiger partial charge in [-0.3, -0.25) is 0 Å². The second kappa shape index (κ2) is 9.70. The van der Waals surface area contributed by atoms with Crippen molar-refractivity contribution >= 4 is 12.0 Å². The number of carboxylic acids is 1. The van der Waals surface area contributed by atoms with Crippen molar-refractivity contribution in [2.75, 3.05) is 27.3 Å². The number of amides is 2. The van der Waals surface area contributed by atoms with E-state index in [-0.39, 0.29) is 6.03 Å². The van der Waals surface area contributed by atoms with Gasteiger partial charge in [0.15, 0.2) is 0 Å². The van der Waals surface area contributed by atoms with Gasteiger partial charge in [0.1, 0.15) is 6.04 Å². The second-order valence-electron chi connectivity index (χ2n) is 4.25. The van der Waals surface area contributed by atoms with Gasteiger partial charge in [-0.05, 0) is 19.3 Å². The third-order valence-corrected chi connectivity index (χ3v) is 2.63. The van der Waals surface area contributed by atoms with Gasteiger partial charge in [-0.25, -0.2) is 9.59 Å². The van der Waals surface area contributed by atoms with Crippen molar-refractivity contribution in [1.29, 1.82) is 0 Å². The number of nitrogens with zero attached hydrogens (tertiary/aromatic N) is 1. The quantitative estimate of drug-likeness (QED) is 0.613. The molecule has 0 heterocycles. The van der Waals surface area contributed by atoms with Crippen molar-refractivity contribution in [3.63, 3.8) is 0 Å². The first kappa shape index (κ1) is 16.7. The van der Waals surface area contributed by atoms with Gasteiger partial charge in [-0.1, -0.05) is 13.3 Å². The van der Waals surface area contributed by atoms with Crippen molar-refractivity contribution < 1.29 is 19.4 Å². The Bertz CT molecular complexity index is 258. The summed E-state index contributed by atoms with van der Waals surface area (Å²) in [5.74, 6) is -1.01. The van der Waals surface area contributed by atoms with Crippen LogP contribution in [0.4, 0.5) is 4.79 Å². The maximum Gasteiger partial charge on any atom is 0.326 e. The predicted molar refractivity (Wildman–Crippen MR) is 68.6 cm³/mol. The molecule has 0 aliphatic heterocycles. The Balaban J connectivity index is 4.14. The Morgan fingerprint density at radius 1 is 1.39 bits per heavy atom. The Hall–Kier alpha value is -1.30. The first-order valence-corrected chi connectivity index (χ1v) is 6.26. The van der Waals surface area contributed by atoms with E-state index in [4.69, 9.17) is 9.84 Å². The van der Waals surface area contributed by atoms with E-state index in [1.165, 1.54) is 4.90 Å². The minimum absolute atomic E-state index is 0.340. The SMILES string of the molecule is CCCCN(C)C(=O)NC(CCCOC)C(=O)O. The van der Waals surface area contributed by atoms with Crippen LogP contribution < -0.4 is 5.32 Å². The lowest BCUT2D eigenvalue weighted by molar-refractivity contribution is -0.139. The van der Waals surface area contributed by atoms with E-state index in [1.54, 1.807) is 14.2 Å². The van der Waals surface area contributed by atoms with Crippen molar-refractivity contribution in [2.24, 2.45) is 0 Å². The lowest BCUT2D eigenvalue weighted by Crippen LogP contribution is -2.47. The zero-order chi connectivity index (χ0) is 14.0. The maximum absolute atomic E-state index is 11.7. The van der Waals surface area contributed by atoms with Crippen LogP contribution in [0.2, 0.25) is 0 Å². The van der Waals surface area contributed by atoms with Gasteiger partial charge in [-0.15, -0.1) is 0 Å². The molecule has 106 valence electrons. The number of carbonyl (C=O) groups is 2. The molecule has 0 aromatic carbocycles. The average molecular weight is 260 g/mol. The van der Waals surface area contributed by atoms with Crippen LogP contribution in [0, 0.1) is 0 Å². The zero-order valence-corrected chi connectivity index (χ0v) is 11.4. The van der Waals surface area contributed by atoms with Crippen LogP contribution in [0.25, 0.3) is 0 Å². The minimum atomic E-state index is -1.01. The van der Waals surface area contributed by atoms with Gasteiger partial charge >= 0.3 is 12.0 Å². The number of rotatable bonds is 9. The number of hydrogen-bond donors (Lipinski definition) is 2. The zero-order valence-electron chi connectivity index (χ0n) is 11.4. The van der Waals surface area contributed by atoms with E-state index in [0.29, 0.717) is 26.0 Å². The number of carbonyl (C=O) groups excluding carboxylic acids is 1. The highest BCUT2D eigenvalue weighted by Crippen LogP contribution is 2.00. The fraction of sp³-hybridized carbons (Fsp3) is 0.833. The number of carboxylic acid groups (broad SMARTS) is 1. The van der Waals surface area contributed by atoms with Gasteiger partial charge in [0.2, 0.25) is 0 Å². The summed E-state index contributed by atoms with van der Waals surface area (Å²) in [6, 6.07) is -1.19. The number of unbranched alkanes of at least 4 members (excludes halogenated alkanes) is 1. The highest BCUT2D eigenvalue weighted by Gasteiger charge is 2.20. The maximum atomic E-state index is 11.7. The van der Waals surface area contributed by atoms with E-state index in [1.807, 2.05) is 6.92 Å². The van der Waals surface area contributed by atoms with E-state index >= 15 is 0 Å². The average Bonchev–Trinajstić information content (AvgIpc) is 2.34. The smallest absolute Gasteiger partial charge is 0.326 e. The minimum Gasteiger partial charge on any atom is -0.480 e. The summed E-state index contributed by atoms with van der Waals surface area (Å²) in [6.45, 7) is 3.16. The van der Waals surface area contributed by atoms with E-state index in [9.17, 15) is 9.59 Å². The topological polar surface area (TPSA) is 78.9 Å². The van der Waals surface area contributed by atoms with Gasteiger partial charge < -0.3 is 20.1 Å². The molecule has 6 heteroatoms. The summed E-state index contributed by atoms with van der Waals surface area (Å²) in [5.41, 5.74) is 0. The number of hydrogen-bond acceptors (Lipinski definition) is 3. The third kappa shape index (κ3) is 7.11. The van der Waals surface area contributed by atoms with E-state index in [0.717, 1.165) is 12.8 Å². The molecule has 0 radical (unpaired) electrons. The molecule has 0 aromatic rings. The molecular weight excluding hydrogens is 236 g/mol. The summed E-state index contributed by atoms with van der Waals surface area (Å²) in [6.07, 6.45) is 2.88. The van der Waals surface area contributed by atoms with E-state index in [2.05, 4.69) is 5.32 Å². The van der Waals surface area contributed by atoms with Crippen LogP contribution in [0.15, 0.2) is 0 Å². The van der Waals surface area contributed by atoms with Crippen LogP contribution in [-0.4, -0.2) is 55.4 Å². The summed E-state index contributed by atoms with van der Waals surface area (Å²) >= 11 is 0. The van der Waals surface area contributed by atoms with Gasteiger partial charge in [-0.2, -0.15) is 0 Å². The van der Waals surface area contributed by atoms with Crippen LogP contribution in [0.5, 0.6) is 0 Å². The highest BCUT2D eigenvalue weighted by molar-refractivity contribution is 5.82. The Morgan fingerprint density at radius 3 is 2.56 bits per heavy atom. The molecule has 0 spiro atoms. The number of nitrogens with one attached hydrogen (secondary N) is 1. The number of methoxy groups -OCH3 is 1. The Morgan fingerprint density at radius 2 is 2.06 bits per heavy atom. The highest BCUT2D eigenvalue weighted by atomic mass is 16.5. The molecule has 18 heavy (non-hydrogen) atoms. The Labute approximate surface area is 108 Å². The molecule has 0 rings (SSSR count). The molecule has 0 saturated carbocycles. The largest absolute Gasteiger partial charge is 0.480 e. The van der Waals surface area contributed by atoms with Crippen molar-refractivity contribution in [2.45, 2.75) is 38.6 Å². The molecule has 0 aliphatic rings. The summed E-state index contributed by atoms with van der Waals surface area (Å²) in [5, 5.41) is 11.5.